The topological polar surface area (TPSA) is 94.8 Å². The molecule has 26 heavy (non-hydrogen) atoms. The first kappa shape index (κ1) is 17.3. The molecule has 3 rings (SSSR count). The van der Waals surface area contributed by atoms with Gasteiger partial charge in [0.15, 0.2) is 6.61 Å². The van der Waals surface area contributed by atoms with Gasteiger partial charge < -0.3 is 10.1 Å². The Balaban J connectivity index is 1.66. The number of hydrogen-bond donors (Lipinski definition) is 1. The van der Waals surface area contributed by atoms with Crippen LogP contribution in [0.1, 0.15) is 10.4 Å². The number of pyridine rings is 1. The van der Waals surface area contributed by atoms with Crippen LogP contribution in [0.4, 0.5) is 18.9 Å². The van der Waals surface area contributed by atoms with Gasteiger partial charge in [-0.3, -0.25) is 4.79 Å². The first-order chi connectivity index (χ1) is 12.4. The molecule has 0 aliphatic heterocycles. The van der Waals surface area contributed by atoms with Crippen molar-refractivity contribution in [2.24, 2.45) is 0 Å². The largest absolute Gasteiger partial charge is 0.468 e. The molecule has 0 spiro atoms. The van der Waals surface area contributed by atoms with E-state index in [4.69, 9.17) is 0 Å². The number of hydrogen-bond acceptors (Lipinski definition) is 6. The van der Waals surface area contributed by atoms with Crippen molar-refractivity contribution in [2.45, 2.75) is 6.18 Å². The van der Waals surface area contributed by atoms with Gasteiger partial charge in [0.05, 0.1) is 11.3 Å². The molecule has 0 unspecified atom stereocenters. The molecule has 0 atom stereocenters. The van der Waals surface area contributed by atoms with Gasteiger partial charge >= 0.3 is 6.18 Å². The van der Waals surface area contributed by atoms with Crippen molar-refractivity contribution in [3.63, 3.8) is 0 Å². The van der Waals surface area contributed by atoms with Crippen molar-refractivity contribution in [3.05, 3.63) is 54.5 Å². The van der Waals surface area contributed by atoms with Crippen molar-refractivity contribution >= 4 is 11.6 Å². The van der Waals surface area contributed by atoms with E-state index in [1.807, 2.05) is 0 Å². The zero-order chi connectivity index (χ0) is 18.6. The summed E-state index contributed by atoms with van der Waals surface area (Å²) in [7, 11) is 0. The van der Waals surface area contributed by atoms with Crippen LogP contribution < -0.4 is 10.1 Å². The minimum absolute atomic E-state index is 0.164. The third-order valence-electron chi connectivity index (χ3n) is 3.10. The number of tetrazole rings is 1. The van der Waals surface area contributed by atoms with Gasteiger partial charge in [0, 0.05) is 18.0 Å². The molecule has 0 bridgehead atoms. The number of carbonyl (C=O) groups excluding carboxylic acids is 1. The second-order valence-electron chi connectivity index (χ2n) is 5.05. The summed E-state index contributed by atoms with van der Waals surface area (Å²) in [6.45, 7) is -1.45. The minimum atomic E-state index is -4.46. The summed E-state index contributed by atoms with van der Waals surface area (Å²) in [5.74, 6) is -0.701. The molecule has 0 saturated heterocycles. The Bertz CT molecular complexity index is 881. The van der Waals surface area contributed by atoms with Gasteiger partial charge in [-0.15, -0.1) is 5.10 Å². The van der Waals surface area contributed by atoms with Gasteiger partial charge in [-0.2, -0.15) is 13.2 Å². The lowest BCUT2D eigenvalue weighted by Gasteiger charge is -2.09. The Kier molecular flexibility index (Phi) is 4.78. The highest BCUT2D eigenvalue weighted by atomic mass is 19.4. The fourth-order valence-corrected chi connectivity index (χ4v) is 1.96. The van der Waals surface area contributed by atoms with Crippen LogP contribution in [0.3, 0.4) is 0 Å². The number of halogens is 3. The van der Waals surface area contributed by atoms with Gasteiger partial charge in [-0.1, -0.05) is 6.07 Å². The van der Waals surface area contributed by atoms with Crippen molar-refractivity contribution in [2.75, 3.05) is 11.9 Å². The Hall–Kier alpha value is -3.50. The van der Waals surface area contributed by atoms with Crippen LogP contribution in [0.5, 0.6) is 5.88 Å². The number of rotatable bonds is 5. The van der Waals surface area contributed by atoms with Crippen LogP contribution in [-0.4, -0.2) is 43.9 Å². The van der Waals surface area contributed by atoms with Crippen molar-refractivity contribution in [3.8, 4) is 11.6 Å². The normalized spacial score (nSPS) is 11.2. The van der Waals surface area contributed by atoms with E-state index >= 15 is 0 Å². The second kappa shape index (κ2) is 7.17. The van der Waals surface area contributed by atoms with Crippen LogP contribution in [0, 0.1) is 0 Å². The SMILES string of the molecule is O=C(Nc1cccc(-n2cnnn2)c1)c1ccc(OCC(F)(F)F)nc1. The fourth-order valence-electron chi connectivity index (χ4n) is 1.96. The van der Waals surface area contributed by atoms with Crippen LogP contribution >= 0.6 is 0 Å². The molecule has 0 aliphatic carbocycles. The number of aromatic nitrogens is 5. The average Bonchev–Trinajstić information content (AvgIpc) is 3.15. The molecule has 134 valence electrons. The third kappa shape index (κ3) is 4.53. The highest BCUT2D eigenvalue weighted by Crippen LogP contribution is 2.18. The highest BCUT2D eigenvalue weighted by Gasteiger charge is 2.28. The number of benzene rings is 1. The number of alkyl halides is 3. The predicted molar refractivity (Wildman–Crippen MR) is 82.9 cm³/mol. The highest BCUT2D eigenvalue weighted by molar-refractivity contribution is 6.04. The first-order valence-corrected chi connectivity index (χ1v) is 7.21. The predicted octanol–water partition coefficient (Wildman–Crippen LogP) is 2.25. The summed E-state index contributed by atoms with van der Waals surface area (Å²) in [6.07, 6.45) is -1.92. The number of nitrogens with zero attached hydrogens (tertiary/aromatic N) is 5. The van der Waals surface area contributed by atoms with E-state index in [1.165, 1.54) is 23.1 Å². The van der Waals surface area contributed by atoms with Crippen molar-refractivity contribution in [1.82, 2.24) is 25.2 Å². The Morgan fingerprint density at radius 1 is 1.23 bits per heavy atom. The van der Waals surface area contributed by atoms with Crippen LogP contribution in [0.15, 0.2) is 48.9 Å². The lowest BCUT2D eigenvalue weighted by Crippen LogP contribution is -2.19. The van der Waals surface area contributed by atoms with E-state index in [1.54, 1.807) is 24.3 Å². The fraction of sp³-hybridized carbons (Fsp3) is 0.133. The van der Waals surface area contributed by atoms with Gasteiger partial charge in [0.1, 0.15) is 6.33 Å². The molecule has 1 N–H and O–H groups in total. The molecule has 2 heterocycles. The maximum atomic E-state index is 12.2. The van der Waals surface area contributed by atoms with Crippen molar-refractivity contribution in [1.29, 1.82) is 0 Å². The van der Waals surface area contributed by atoms with Gasteiger partial charge in [0.25, 0.3) is 5.91 Å². The summed E-state index contributed by atoms with van der Waals surface area (Å²) in [4.78, 5) is 15.9. The van der Waals surface area contributed by atoms with E-state index < -0.39 is 18.7 Å². The van der Waals surface area contributed by atoms with E-state index in [-0.39, 0.29) is 11.4 Å². The summed E-state index contributed by atoms with van der Waals surface area (Å²) in [5.41, 5.74) is 1.29. The molecule has 0 radical (unpaired) electrons. The van der Waals surface area contributed by atoms with E-state index in [2.05, 4.69) is 30.6 Å². The molecular formula is C15H11F3N6O2. The lowest BCUT2D eigenvalue weighted by molar-refractivity contribution is -0.154. The second-order valence-corrected chi connectivity index (χ2v) is 5.05. The maximum Gasteiger partial charge on any atom is 0.422 e. The minimum Gasteiger partial charge on any atom is -0.468 e. The standard InChI is InChI=1S/C15H11F3N6O2/c16-15(17,18)8-26-13-5-4-10(7-19-13)14(25)21-11-2-1-3-12(6-11)24-9-20-22-23-24/h1-7,9H,8H2,(H,21,25). The number of nitrogens with one attached hydrogen (secondary N) is 1. The Labute approximate surface area is 144 Å². The van der Waals surface area contributed by atoms with Gasteiger partial charge in [0.2, 0.25) is 5.88 Å². The molecule has 1 amide bonds. The summed E-state index contributed by atoms with van der Waals surface area (Å²) in [6, 6.07) is 9.29. The van der Waals surface area contributed by atoms with Gasteiger partial charge in [-0.25, -0.2) is 9.67 Å². The summed E-state index contributed by atoms with van der Waals surface area (Å²) >= 11 is 0. The van der Waals surface area contributed by atoms with Gasteiger partial charge in [-0.05, 0) is 34.7 Å². The zero-order valence-corrected chi connectivity index (χ0v) is 13.0. The number of carbonyl (C=O) groups is 1. The maximum absolute atomic E-state index is 12.2. The zero-order valence-electron chi connectivity index (χ0n) is 13.0. The summed E-state index contributed by atoms with van der Waals surface area (Å²) in [5, 5.41) is 13.5. The average molecular weight is 364 g/mol. The molecule has 2 aromatic heterocycles. The molecule has 8 nitrogen and oxygen atoms in total. The summed E-state index contributed by atoms with van der Waals surface area (Å²) < 4.78 is 42.2. The van der Waals surface area contributed by atoms with Crippen molar-refractivity contribution < 1.29 is 22.7 Å². The molecule has 0 saturated carbocycles. The van der Waals surface area contributed by atoms with Crippen LogP contribution in [0.25, 0.3) is 5.69 Å². The van der Waals surface area contributed by atoms with E-state index in [0.29, 0.717) is 11.4 Å². The van der Waals surface area contributed by atoms with Crippen LogP contribution in [0.2, 0.25) is 0 Å². The smallest absolute Gasteiger partial charge is 0.422 e. The number of ether oxygens (including phenoxy) is 1. The molecule has 0 fully saturated rings. The number of anilines is 1. The molecule has 1 aromatic carbocycles. The third-order valence-corrected chi connectivity index (χ3v) is 3.10. The Morgan fingerprint density at radius 3 is 2.73 bits per heavy atom. The molecular weight excluding hydrogens is 353 g/mol. The van der Waals surface area contributed by atoms with Crippen LogP contribution in [-0.2, 0) is 0 Å². The van der Waals surface area contributed by atoms with E-state index in [0.717, 1.165) is 6.20 Å². The molecule has 3 aromatic rings. The first-order valence-electron chi connectivity index (χ1n) is 7.21. The monoisotopic (exact) mass is 364 g/mol. The van der Waals surface area contributed by atoms with E-state index in [9.17, 15) is 18.0 Å². The number of amides is 1. The molecule has 0 aliphatic rings. The lowest BCUT2D eigenvalue weighted by atomic mass is 10.2. The Morgan fingerprint density at radius 2 is 2.08 bits per heavy atom. The molecule has 11 heteroatoms. The quantitative estimate of drug-likeness (QED) is 0.746.